The van der Waals surface area contributed by atoms with Crippen LogP contribution in [0.15, 0.2) is 30.6 Å². The fraction of sp³-hybridized carbons (Fsp3) is 0.500. The first-order chi connectivity index (χ1) is 15.9. The largest absolute Gasteiger partial charge is 0.474 e. The summed E-state index contributed by atoms with van der Waals surface area (Å²) in [5, 5.41) is 21.1. The maximum atomic E-state index is 11.4. The number of aliphatic hydroxyl groups excluding tert-OH is 1. The number of piperidine rings is 1. The molecule has 3 fully saturated rings. The predicted molar refractivity (Wildman–Crippen MR) is 129 cm³/mol. The predicted octanol–water partition coefficient (Wildman–Crippen LogP) is 2.98. The van der Waals surface area contributed by atoms with Crippen molar-refractivity contribution in [1.82, 2.24) is 14.9 Å². The van der Waals surface area contributed by atoms with Crippen LogP contribution in [-0.2, 0) is 0 Å². The molecule has 4 heterocycles. The molecule has 2 aliphatic heterocycles. The number of thiocarbonyl (C=S) groups is 1. The number of pyridine rings is 2. The quantitative estimate of drug-likeness (QED) is 0.686. The Morgan fingerprint density at radius 2 is 1.91 bits per heavy atom. The first-order valence-corrected chi connectivity index (χ1v) is 11.8. The van der Waals surface area contributed by atoms with Crippen molar-refractivity contribution in [3.63, 3.8) is 0 Å². The molecular weight excluding hydrogens is 436 g/mol. The third-order valence-electron chi connectivity index (χ3n) is 7.17. The first kappa shape index (κ1) is 22.0. The number of aryl methyl sites for hydroxylation is 1. The highest BCUT2D eigenvalue weighted by Crippen LogP contribution is 2.49. The minimum atomic E-state index is -0.803. The molecule has 0 radical (unpaired) electrons. The average molecular weight is 465 g/mol. The van der Waals surface area contributed by atoms with Gasteiger partial charge in [0, 0.05) is 19.2 Å². The van der Waals surface area contributed by atoms with Crippen molar-refractivity contribution < 1.29 is 9.84 Å². The number of ether oxygens (including phenoxy) is 1. The molecule has 1 atom stereocenters. The van der Waals surface area contributed by atoms with Crippen LogP contribution in [0.25, 0.3) is 0 Å². The van der Waals surface area contributed by atoms with E-state index >= 15 is 0 Å². The van der Waals surface area contributed by atoms with E-state index in [4.69, 9.17) is 17.0 Å². The summed E-state index contributed by atoms with van der Waals surface area (Å²) in [7, 11) is 2.13. The molecular formula is C24H28N6O2S. The van der Waals surface area contributed by atoms with Crippen molar-refractivity contribution in [3.8, 4) is 11.9 Å². The summed E-state index contributed by atoms with van der Waals surface area (Å²) in [5.41, 5.74) is 2.17. The average Bonchev–Trinajstić information content (AvgIpc) is 3.02. The van der Waals surface area contributed by atoms with Crippen LogP contribution < -0.4 is 14.5 Å². The van der Waals surface area contributed by atoms with Gasteiger partial charge in [-0.1, -0.05) is 0 Å². The Balaban J connectivity index is 1.40. The molecule has 33 heavy (non-hydrogen) atoms. The highest BCUT2D eigenvalue weighted by atomic mass is 32.1. The maximum absolute atomic E-state index is 11.4. The van der Waals surface area contributed by atoms with Gasteiger partial charge in [-0.2, -0.15) is 5.26 Å². The van der Waals surface area contributed by atoms with E-state index in [0.717, 1.165) is 56.4 Å². The van der Waals surface area contributed by atoms with Crippen LogP contribution in [0.5, 0.6) is 5.88 Å². The van der Waals surface area contributed by atoms with Gasteiger partial charge < -0.3 is 19.6 Å². The minimum absolute atomic E-state index is 0.190. The van der Waals surface area contributed by atoms with Gasteiger partial charge in [-0.3, -0.25) is 4.90 Å². The van der Waals surface area contributed by atoms with E-state index in [1.807, 2.05) is 30.0 Å². The molecule has 0 amide bonds. The molecule has 0 aromatic carbocycles. The number of aromatic nitrogens is 2. The van der Waals surface area contributed by atoms with E-state index in [0.29, 0.717) is 22.4 Å². The van der Waals surface area contributed by atoms with E-state index in [2.05, 4.69) is 28.0 Å². The van der Waals surface area contributed by atoms with Crippen molar-refractivity contribution in [1.29, 1.82) is 5.26 Å². The maximum Gasteiger partial charge on any atom is 0.213 e. The standard InChI is InChI=1S/C24H28N6O2S/c1-16-12-18(15-26-20(16)13-25)29-22(31)24(8-3-9-24)30(23(29)33)17-4-5-21(27-14-17)32-19-6-10-28(2)11-7-19/h4-5,12,14-15,19,22,31H,3,6-11H2,1-2H3. The zero-order valence-electron chi connectivity index (χ0n) is 18.9. The Kier molecular flexibility index (Phi) is 5.69. The highest BCUT2D eigenvalue weighted by molar-refractivity contribution is 7.80. The monoisotopic (exact) mass is 464 g/mol. The number of hydrogen-bond donors (Lipinski definition) is 1. The molecule has 1 spiro atoms. The Hall–Kier alpha value is -2.80. The van der Waals surface area contributed by atoms with Crippen molar-refractivity contribution in [2.45, 2.75) is 56.9 Å². The molecule has 172 valence electrons. The van der Waals surface area contributed by atoms with E-state index < -0.39 is 11.8 Å². The van der Waals surface area contributed by atoms with Crippen LogP contribution in [-0.4, -0.2) is 63.1 Å². The van der Waals surface area contributed by atoms with Gasteiger partial charge in [-0.05, 0) is 76.0 Å². The van der Waals surface area contributed by atoms with Crippen molar-refractivity contribution in [2.24, 2.45) is 0 Å². The topological polar surface area (TPSA) is 88.8 Å². The number of anilines is 2. The molecule has 2 aromatic heterocycles. The first-order valence-electron chi connectivity index (χ1n) is 11.4. The van der Waals surface area contributed by atoms with E-state index in [1.165, 1.54) is 0 Å². The van der Waals surface area contributed by atoms with Gasteiger partial charge in [-0.15, -0.1) is 0 Å². The third kappa shape index (κ3) is 3.72. The highest BCUT2D eigenvalue weighted by Gasteiger charge is 2.59. The van der Waals surface area contributed by atoms with Crippen molar-refractivity contribution >= 4 is 28.7 Å². The van der Waals surface area contributed by atoms with Gasteiger partial charge in [0.15, 0.2) is 11.3 Å². The summed E-state index contributed by atoms with van der Waals surface area (Å²) in [6.45, 7) is 3.90. The molecule has 2 saturated heterocycles. The Bertz CT molecular complexity index is 1090. The van der Waals surface area contributed by atoms with Crippen molar-refractivity contribution in [3.05, 3.63) is 41.9 Å². The smallest absolute Gasteiger partial charge is 0.213 e. The Morgan fingerprint density at radius 1 is 1.18 bits per heavy atom. The Labute approximate surface area is 199 Å². The fourth-order valence-corrected chi connectivity index (χ4v) is 5.55. The second-order valence-electron chi connectivity index (χ2n) is 9.26. The van der Waals surface area contributed by atoms with Gasteiger partial charge in [0.2, 0.25) is 5.88 Å². The third-order valence-corrected chi connectivity index (χ3v) is 7.55. The van der Waals surface area contributed by atoms with Gasteiger partial charge in [0.25, 0.3) is 0 Å². The number of likely N-dealkylation sites (tertiary alicyclic amines) is 1. The van der Waals surface area contributed by atoms with E-state index in [9.17, 15) is 10.4 Å². The minimum Gasteiger partial charge on any atom is -0.474 e. The summed E-state index contributed by atoms with van der Waals surface area (Å²) in [5.74, 6) is 0.616. The molecule has 1 unspecified atom stereocenters. The molecule has 3 aliphatic rings. The summed E-state index contributed by atoms with van der Waals surface area (Å²) >= 11 is 5.87. The zero-order chi connectivity index (χ0) is 23.2. The molecule has 5 rings (SSSR count). The lowest BCUT2D eigenvalue weighted by Crippen LogP contribution is -2.57. The van der Waals surface area contributed by atoms with Crippen LogP contribution >= 0.6 is 12.2 Å². The molecule has 1 aliphatic carbocycles. The molecule has 0 bridgehead atoms. The van der Waals surface area contributed by atoms with E-state index in [-0.39, 0.29) is 6.10 Å². The van der Waals surface area contributed by atoms with Crippen LogP contribution in [0.4, 0.5) is 11.4 Å². The lowest BCUT2D eigenvalue weighted by atomic mass is 9.74. The SMILES string of the molecule is Cc1cc(N2C(=S)N(c3ccc(OC4CCN(C)CC4)nc3)C3(CCC3)C2O)cnc1C#N. The van der Waals surface area contributed by atoms with Crippen LogP contribution in [0.1, 0.15) is 43.4 Å². The summed E-state index contributed by atoms with van der Waals surface area (Å²) in [4.78, 5) is 14.9. The lowest BCUT2D eigenvalue weighted by Gasteiger charge is -2.46. The van der Waals surface area contributed by atoms with Crippen LogP contribution in [0.2, 0.25) is 0 Å². The molecule has 1 N–H and O–H groups in total. The zero-order valence-corrected chi connectivity index (χ0v) is 19.8. The normalized spacial score (nSPS) is 23.0. The number of nitrogens with zero attached hydrogens (tertiary/aromatic N) is 6. The summed E-state index contributed by atoms with van der Waals surface area (Å²) < 4.78 is 6.10. The van der Waals surface area contributed by atoms with Gasteiger partial charge in [0.05, 0.1) is 29.3 Å². The number of aliphatic hydroxyl groups is 1. The number of rotatable bonds is 4. The van der Waals surface area contributed by atoms with E-state index in [1.54, 1.807) is 17.3 Å². The second-order valence-corrected chi connectivity index (χ2v) is 9.63. The van der Waals surface area contributed by atoms with Gasteiger partial charge >= 0.3 is 0 Å². The van der Waals surface area contributed by atoms with Crippen LogP contribution in [0.3, 0.4) is 0 Å². The lowest BCUT2D eigenvalue weighted by molar-refractivity contribution is 0.0596. The molecule has 8 nitrogen and oxygen atoms in total. The second kappa shape index (κ2) is 8.52. The number of nitriles is 1. The van der Waals surface area contributed by atoms with Crippen LogP contribution in [0, 0.1) is 18.3 Å². The van der Waals surface area contributed by atoms with Crippen molar-refractivity contribution in [2.75, 3.05) is 29.9 Å². The molecule has 1 saturated carbocycles. The van der Waals surface area contributed by atoms with Gasteiger partial charge in [0.1, 0.15) is 17.9 Å². The number of hydrogen-bond acceptors (Lipinski definition) is 7. The Morgan fingerprint density at radius 3 is 2.48 bits per heavy atom. The molecule has 2 aromatic rings. The summed E-state index contributed by atoms with van der Waals surface area (Å²) in [6.07, 6.45) is 7.47. The van der Waals surface area contributed by atoms with Gasteiger partial charge in [-0.25, -0.2) is 9.97 Å². The molecule has 9 heteroatoms. The summed E-state index contributed by atoms with van der Waals surface area (Å²) in [6, 6.07) is 7.81. The fourth-order valence-electron chi connectivity index (χ4n) is 5.06.